The summed E-state index contributed by atoms with van der Waals surface area (Å²) >= 11 is 0. The lowest BCUT2D eigenvalue weighted by atomic mass is 10.1. The molecule has 84 valence electrons. The molecule has 15 heavy (non-hydrogen) atoms. The van der Waals surface area contributed by atoms with Crippen LogP contribution in [0.25, 0.3) is 0 Å². The second-order valence-corrected chi connectivity index (χ2v) is 4.05. The molecular weight excluding hydrogens is 193 g/mol. The predicted molar refractivity (Wildman–Crippen MR) is 58.9 cm³/mol. The first-order valence-electron chi connectivity index (χ1n) is 5.17. The topological polar surface area (TPSA) is 35.2 Å². The Bertz CT molecular complexity index is 301. The highest BCUT2D eigenvalue weighted by molar-refractivity contribution is 5.15. The van der Waals surface area contributed by atoms with E-state index in [-0.39, 0.29) is 11.9 Å². The Kier molecular flexibility index (Phi) is 4.72. The normalized spacial score (nSPS) is 13.1. The van der Waals surface area contributed by atoms with Crippen LogP contribution in [0.1, 0.15) is 19.4 Å². The molecule has 0 spiro atoms. The molecule has 2 N–H and O–H groups in total. The first kappa shape index (κ1) is 12.1. The van der Waals surface area contributed by atoms with Gasteiger partial charge in [0.2, 0.25) is 0 Å². The van der Waals surface area contributed by atoms with Crippen LogP contribution in [0.5, 0.6) is 0 Å². The summed E-state index contributed by atoms with van der Waals surface area (Å²) in [6, 6.07) is 6.45. The molecule has 0 aliphatic rings. The summed E-state index contributed by atoms with van der Waals surface area (Å²) < 4.78 is 18.2. The molecule has 0 bridgehead atoms. The number of nitrogens with two attached hydrogens (primary N) is 1. The van der Waals surface area contributed by atoms with E-state index in [1.165, 1.54) is 12.1 Å². The van der Waals surface area contributed by atoms with Crippen molar-refractivity contribution in [2.24, 2.45) is 11.7 Å². The van der Waals surface area contributed by atoms with Crippen molar-refractivity contribution in [2.45, 2.75) is 26.5 Å². The Morgan fingerprint density at radius 1 is 1.40 bits per heavy atom. The van der Waals surface area contributed by atoms with Crippen LogP contribution < -0.4 is 5.73 Å². The van der Waals surface area contributed by atoms with Crippen molar-refractivity contribution in [2.75, 3.05) is 6.61 Å². The van der Waals surface area contributed by atoms with Crippen molar-refractivity contribution in [3.63, 3.8) is 0 Å². The SMILES string of the molecule is CC(C)[C@H](N)COCc1cccc(F)c1. The molecule has 0 aromatic heterocycles. The number of rotatable bonds is 5. The van der Waals surface area contributed by atoms with E-state index >= 15 is 0 Å². The van der Waals surface area contributed by atoms with Crippen LogP contribution in [-0.4, -0.2) is 12.6 Å². The van der Waals surface area contributed by atoms with Gasteiger partial charge in [0.25, 0.3) is 0 Å². The molecule has 2 nitrogen and oxygen atoms in total. The number of hydrogen-bond donors (Lipinski definition) is 1. The number of ether oxygens (including phenoxy) is 1. The molecule has 1 aromatic carbocycles. The van der Waals surface area contributed by atoms with Gasteiger partial charge in [-0.05, 0) is 23.6 Å². The summed E-state index contributed by atoms with van der Waals surface area (Å²) in [5.74, 6) is 0.168. The third kappa shape index (κ3) is 4.40. The lowest BCUT2D eigenvalue weighted by Crippen LogP contribution is -2.31. The van der Waals surface area contributed by atoms with E-state index in [2.05, 4.69) is 13.8 Å². The molecule has 0 aliphatic carbocycles. The molecule has 0 unspecified atom stereocenters. The fourth-order valence-electron chi connectivity index (χ4n) is 1.13. The maximum Gasteiger partial charge on any atom is 0.123 e. The van der Waals surface area contributed by atoms with Gasteiger partial charge in [-0.3, -0.25) is 0 Å². The van der Waals surface area contributed by atoms with Crippen molar-refractivity contribution in [3.05, 3.63) is 35.6 Å². The molecule has 1 atom stereocenters. The fourth-order valence-corrected chi connectivity index (χ4v) is 1.13. The summed E-state index contributed by atoms with van der Waals surface area (Å²) in [7, 11) is 0. The molecule has 1 aromatic rings. The van der Waals surface area contributed by atoms with Gasteiger partial charge in [-0.15, -0.1) is 0 Å². The van der Waals surface area contributed by atoms with Crippen LogP contribution in [0.15, 0.2) is 24.3 Å². The Labute approximate surface area is 90.2 Å². The van der Waals surface area contributed by atoms with Crippen LogP contribution in [0.4, 0.5) is 4.39 Å². The second kappa shape index (κ2) is 5.83. The molecule has 0 saturated carbocycles. The smallest absolute Gasteiger partial charge is 0.123 e. The molecule has 0 radical (unpaired) electrons. The summed E-state index contributed by atoms with van der Waals surface area (Å²) in [4.78, 5) is 0. The zero-order valence-corrected chi connectivity index (χ0v) is 9.24. The average Bonchev–Trinajstić information content (AvgIpc) is 2.17. The van der Waals surface area contributed by atoms with E-state index in [9.17, 15) is 4.39 Å². The highest BCUT2D eigenvalue weighted by Gasteiger charge is 2.07. The quantitative estimate of drug-likeness (QED) is 0.811. The highest BCUT2D eigenvalue weighted by atomic mass is 19.1. The summed E-state index contributed by atoms with van der Waals surface area (Å²) in [6.07, 6.45) is 0. The van der Waals surface area contributed by atoms with E-state index in [4.69, 9.17) is 10.5 Å². The first-order valence-corrected chi connectivity index (χ1v) is 5.17. The van der Waals surface area contributed by atoms with Crippen molar-refractivity contribution >= 4 is 0 Å². The largest absolute Gasteiger partial charge is 0.375 e. The molecule has 0 aliphatic heterocycles. The Morgan fingerprint density at radius 3 is 2.73 bits per heavy atom. The van der Waals surface area contributed by atoms with Crippen LogP contribution in [0, 0.1) is 11.7 Å². The minimum Gasteiger partial charge on any atom is -0.375 e. The van der Waals surface area contributed by atoms with Gasteiger partial charge >= 0.3 is 0 Å². The van der Waals surface area contributed by atoms with E-state index < -0.39 is 0 Å². The molecule has 1 rings (SSSR count). The molecular formula is C12H18FNO. The van der Waals surface area contributed by atoms with Crippen molar-refractivity contribution < 1.29 is 9.13 Å². The minimum atomic E-state index is -0.232. The Morgan fingerprint density at radius 2 is 2.13 bits per heavy atom. The number of benzene rings is 1. The Hall–Kier alpha value is -0.930. The lowest BCUT2D eigenvalue weighted by molar-refractivity contribution is 0.0972. The Balaban J connectivity index is 2.32. The van der Waals surface area contributed by atoms with Crippen molar-refractivity contribution in [3.8, 4) is 0 Å². The molecule has 0 fully saturated rings. The lowest BCUT2D eigenvalue weighted by Gasteiger charge is -2.15. The van der Waals surface area contributed by atoms with E-state index in [0.29, 0.717) is 19.1 Å². The van der Waals surface area contributed by atoms with Crippen LogP contribution >= 0.6 is 0 Å². The standard InChI is InChI=1S/C12H18FNO/c1-9(2)12(14)8-15-7-10-4-3-5-11(13)6-10/h3-6,9,12H,7-8,14H2,1-2H3/t12-/m1/s1. The maximum absolute atomic E-state index is 12.8. The van der Waals surface area contributed by atoms with Gasteiger partial charge in [-0.25, -0.2) is 4.39 Å². The predicted octanol–water partition coefficient (Wildman–Crippen LogP) is 2.33. The average molecular weight is 211 g/mol. The zero-order chi connectivity index (χ0) is 11.3. The first-order chi connectivity index (χ1) is 7.09. The van der Waals surface area contributed by atoms with Gasteiger partial charge in [0.05, 0.1) is 13.2 Å². The molecule has 0 amide bonds. The van der Waals surface area contributed by atoms with E-state index in [1.807, 2.05) is 6.07 Å². The van der Waals surface area contributed by atoms with Gasteiger partial charge in [0, 0.05) is 6.04 Å². The third-order valence-corrected chi connectivity index (χ3v) is 2.32. The van der Waals surface area contributed by atoms with Gasteiger partial charge < -0.3 is 10.5 Å². The molecule has 0 saturated heterocycles. The number of halogens is 1. The van der Waals surface area contributed by atoms with Crippen molar-refractivity contribution in [1.82, 2.24) is 0 Å². The van der Waals surface area contributed by atoms with Crippen LogP contribution in [0.3, 0.4) is 0 Å². The summed E-state index contributed by atoms with van der Waals surface area (Å²) in [6.45, 7) is 5.03. The fraction of sp³-hybridized carbons (Fsp3) is 0.500. The second-order valence-electron chi connectivity index (χ2n) is 4.05. The monoisotopic (exact) mass is 211 g/mol. The summed E-state index contributed by atoms with van der Waals surface area (Å²) in [5, 5.41) is 0. The maximum atomic E-state index is 12.8. The van der Waals surface area contributed by atoms with Gasteiger partial charge in [-0.1, -0.05) is 26.0 Å². The summed E-state index contributed by atoms with van der Waals surface area (Å²) in [5.41, 5.74) is 6.65. The third-order valence-electron chi connectivity index (χ3n) is 2.32. The van der Waals surface area contributed by atoms with Crippen molar-refractivity contribution in [1.29, 1.82) is 0 Å². The number of hydrogen-bond acceptors (Lipinski definition) is 2. The van der Waals surface area contributed by atoms with Crippen LogP contribution in [-0.2, 0) is 11.3 Å². The minimum absolute atomic E-state index is 0.0403. The van der Waals surface area contributed by atoms with E-state index in [1.54, 1.807) is 6.07 Å². The molecule has 0 heterocycles. The van der Waals surface area contributed by atoms with Gasteiger partial charge in [0.1, 0.15) is 5.82 Å². The van der Waals surface area contributed by atoms with Gasteiger partial charge in [-0.2, -0.15) is 0 Å². The highest BCUT2D eigenvalue weighted by Crippen LogP contribution is 2.06. The van der Waals surface area contributed by atoms with Gasteiger partial charge in [0.15, 0.2) is 0 Å². The molecule has 3 heteroatoms. The zero-order valence-electron chi connectivity index (χ0n) is 9.24. The van der Waals surface area contributed by atoms with Crippen LogP contribution in [0.2, 0.25) is 0 Å². The van der Waals surface area contributed by atoms with E-state index in [0.717, 1.165) is 5.56 Å².